The number of hydrogen-bond donors (Lipinski definition) is 1. The molecule has 0 aliphatic carbocycles. The summed E-state index contributed by atoms with van der Waals surface area (Å²) in [6, 6.07) is 12.0. The first-order valence-electron chi connectivity index (χ1n) is 10.7. The van der Waals surface area contributed by atoms with Crippen molar-refractivity contribution < 1.29 is 14.5 Å². The summed E-state index contributed by atoms with van der Waals surface area (Å²) in [6.45, 7) is 6.90. The van der Waals surface area contributed by atoms with E-state index in [1.165, 1.54) is 17.7 Å². The highest BCUT2D eigenvalue weighted by atomic mass is 16.6. The number of aryl methyl sites for hydroxylation is 2. The molecule has 3 amide bonds. The van der Waals surface area contributed by atoms with Crippen LogP contribution >= 0.6 is 0 Å². The summed E-state index contributed by atoms with van der Waals surface area (Å²) in [5.41, 5.74) is 4.15. The van der Waals surface area contributed by atoms with Crippen LogP contribution < -0.4 is 15.1 Å². The Balaban J connectivity index is 1.30. The highest BCUT2D eigenvalue weighted by Gasteiger charge is 2.33. The maximum atomic E-state index is 12.8. The molecule has 4 rings (SSSR count). The van der Waals surface area contributed by atoms with Crippen molar-refractivity contribution in [3.63, 3.8) is 0 Å². The number of carbonyl (C=O) groups excluding carboxylic acids is 2. The van der Waals surface area contributed by atoms with Gasteiger partial charge in [0.05, 0.1) is 11.0 Å². The van der Waals surface area contributed by atoms with Crippen molar-refractivity contribution >= 4 is 29.0 Å². The van der Waals surface area contributed by atoms with E-state index < -0.39 is 4.92 Å². The molecule has 2 aliphatic heterocycles. The number of nitrogens with zero attached hydrogens (tertiary/aromatic N) is 4. The minimum absolute atomic E-state index is 0.0153. The lowest BCUT2D eigenvalue weighted by Crippen LogP contribution is -2.53. The zero-order valence-electron chi connectivity index (χ0n) is 18.3. The molecule has 0 unspecified atom stereocenters. The number of urea groups is 1. The Morgan fingerprint density at radius 2 is 1.66 bits per heavy atom. The molecule has 0 bridgehead atoms. The third-order valence-electron chi connectivity index (χ3n) is 6.25. The Labute approximate surface area is 186 Å². The van der Waals surface area contributed by atoms with E-state index in [9.17, 15) is 19.7 Å². The van der Waals surface area contributed by atoms with Gasteiger partial charge < -0.3 is 20.0 Å². The SMILES string of the molecule is Cc1ccc(N2C[C@@H](NC(=O)N3CCN(c4ccc([N+](=O)[O-])cc4)CC3)CC2=O)cc1C. The van der Waals surface area contributed by atoms with Gasteiger partial charge in [-0.05, 0) is 49.2 Å². The second-order valence-corrected chi connectivity index (χ2v) is 8.37. The van der Waals surface area contributed by atoms with Crippen molar-refractivity contribution in [1.82, 2.24) is 10.2 Å². The van der Waals surface area contributed by atoms with Gasteiger partial charge in [0, 0.05) is 62.7 Å². The first-order chi connectivity index (χ1) is 15.3. The number of non-ortho nitro benzene ring substituents is 1. The Morgan fingerprint density at radius 3 is 2.28 bits per heavy atom. The molecular formula is C23H27N5O4. The predicted octanol–water partition coefficient (Wildman–Crippen LogP) is 2.85. The molecule has 0 aromatic heterocycles. The molecule has 2 heterocycles. The van der Waals surface area contributed by atoms with Crippen LogP contribution in [0.5, 0.6) is 0 Å². The fourth-order valence-corrected chi connectivity index (χ4v) is 4.17. The molecule has 1 N–H and O–H groups in total. The lowest BCUT2D eigenvalue weighted by molar-refractivity contribution is -0.384. The van der Waals surface area contributed by atoms with Crippen LogP contribution in [0.4, 0.5) is 21.9 Å². The van der Waals surface area contributed by atoms with E-state index in [1.807, 2.05) is 32.0 Å². The summed E-state index contributed by atoms with van der Waals surface area (Å²) in [5, 5.41) is 13.8. The summed E-state index contributed by atoms with van der Waals surface area (Å²) in [7, 11) is 0. The zero-order chi connectivity index (χ0) is 22.8. The molecule has 0 saturated carbocycles. The van der Waals surface area contributed by atoms with Crippen LogP contribution in [0.2, 0.25) is 0 Å². The molecule has 0 spiro atoms. The number of carbonyl (C=O) groups is 2. The standard InChI is InChI=1S/C23H27N5O4/c1-16-3-4-21(13-17(16)2)27-15-18(14-22(27)29)24-23(30)26-11-9-25(10-12-26)19-5-7-20(8-6-19)28(31)32/h3-8,13,18H,9-12,14-15H2,1-2H3,(H,24,30)/t18-/m0/s1. The maximum Gasteiger partial charge on any atom is 0.317 e. The molecule has 2 saturated heterocycles. The number of nitro benzene ring substituents is 1. The predicted molar refractivity (Wildman–Crippen MR) is 122 cm³/mol. The summed E-state index contributed by atoms with van der Waals surface area (Å²) >= 11 is 0. The van der Waals surface area contributed by atoms with Crippen molar-refractivity contribution in [2.45, 2.75) is 26.3 Å². The van der Waals surface area contributed by atoms with Crippen LogP contribution in [-0.2, 0) is 4.79 Å². The lowest BCUT2D eigenvalue weighted by atomic mass is 10.1. The quantitative estimate of drug-likeness (QED) is 0.586. The van der Waals surface area contributed by atoms with Crippen molar-refractivity contribution in [2.75, 3.05) is 42.5 Å². The summed E-state index contributed by atoms with van der Waals surface area (Å²) in [4.78, 5) is 41.3. The third kappa shape index (κ3) is 4.51. The van der Waals surface area contributed by atoms with Gasteiger partial charge >= 0.3 is 6.03 Å². The molecule has 2 aromatic rings. The summed E-state index contributed by atoms with van der Waals surface area (Å²) in [6.07, 6.45) is 0.293. The summed E-state index contributed by atoms with van der Waals surface area (Å²) in [5.74, 6) is 0.0153. The number of anilines is 2. The minimum Gasteiger partial charge on any atom is -0.368 e. The van der Waals surface area contributed by atoms with E-state index in [4.69, 9.17) is 0 Å². The first kappa shape index (κ1) is 21.6. The van der Waals surface area contributed by atoms with Crippen molar-refractivity contribution in [2.24, 2.45) is 0 Å². The van der Waals surface area contributed by atoms with E-state index in [0.29, 0.717) is 39.1 Å². The summed E-state index contributed by atoms with van der Waals surface area (Å²) < 4.78 is 0. The second-order valence-electron chi connectivity index (χ2n) is 8.37. The molecule has 9 nitrogen and oxygen atoms in total. The Hall–Kier alpha value is -3.62. The minimum atomic E-state index is -0.416. The number of rotatable bonds is 4. The highest BCUT2D eigenvalue weighted by molar-refractivity contribution is 5.97. The molecule has 1 atom stereocenters. The van der Waals surface area contributed by atoms with Gasteiger partial charge in [-0.2, -0.15) is 0 Å². The third-order valence-corrected chi connectivity index (χ3v) is 6.25. The van der Waals surface area contributed by atoms with E-state index in [0.717, 1.165) is 16.9 Å². The fourth-order valence-electron chi connectivity index (χ4n) is 4.17. The van der Waals surface area contributed by atoms with Crippen molar-refractivity contribution in [1.29, 1.82) is 0 Å². The van der Waals surface area contributed by atoms with Crippen LogP contribution in [0.15, 0.2) is 42.5 Å². The molecule has 32 heavy (non-hydrogen) atoms. The van der Waals surface area contributed by atoms with Gasteiger partial charge in [0.15, 0.2) is 0 Å². The largest absolute Gasteiger partial charge is 0.368 e. The lowest BCUT2D eigenvalue weighted by Gasteiger charge is -2.36. The smallest absolute Gasteiger partial charge is 0.317 e. The number of nitrogens with one attached hydrogen (secondary N) is 1. The Bertz CT molecular complexity index is 1030. The highest BCUT2D eigenvalue weighted by Crippen LogP contribution is 2.24. The van der Waals surface area contributed by atoms with Gasteiger partial charge in [-0.1, -0.05) is 6.07 Å². The maximum absolute atomic E-state index is 12.8. The van der Waals surface area contributed by atoms with Crippen LogP contribution in [0.1, 0.15) is 17.5 Å². The van der Waals surface area contributed by atoms with Gasteiger partial charge in [0.25, 0.3) is 5.69 Å². The normalized spacial score (nSPS) is 18.8. The molecule has 9 heteroatoms. The van der Waals surface area contributed by atoms with Crippen LogP contribution in [-0.4, -0.2) is 60.5 Å². The average molecular weight is 438 g/mol. The molecular weight excluding hydrogens is 410 g/mol. The molecule has 2 fully saturated rings. The van der Waals surface area contributed by atoms with Crippen LogP contribution in [0.3, 0.4) is 0 Å². The van der Waals surface area contributed by atoms with Gasteiger partial charge in [-0.3, -0.25) is 14.9 Å². The second kappa shape index (κ2) is 8.86. The van der Waals surface area contributed by atoms with Crippen molar-refractivity contribution in [3.05, 3.63) is 63.7 Å². The Kier molecular flexibility index (Phi) is 5.98. The number of piperazine rings is 1. The molecule has 168 valence electrons. The number of nitro groups is 1. The topological polar surface area (TPSA) is 99.0 Å². The van der Waals surface area contributed by atoms with Crippen LogP contribution in [0.25, 0.3) is 0 Å². The molecule has 2 aromatic carbocycles. The van der Waals surface area contributed by atoms with Gasteiger partial charge in [-0.15, -0.1) is 0 Å². The molecule has 0 radical (unpaired) electrons. The van der Waals surface area contributed by atoms with E-state index in [2.05, 4.69) is 10.2 Å². The molecule has 2 aliphatic rings. The number of hydrogen-bond acceptors (Lipinski definition) is 5. The number of benzene rings is 2. The van der Waals surface area contributed by atoms with Crippen LogP contribution in [0, 0.1) is 24.0 Å². The Morgan fingerprint density at radius 1 is 1.00 bits per heavy atom. The first-order valence-corrected chi connectivity index (χ1v) is 10.7. The zero-order valence-corrected chi connectivity index (χ0v) is 18.3. The van der Waals surface area contributed by atoms with Gasteiger partial charge in [0.1, 0.15) is 0 Å². The number of amides is 3. The van der Waals surface area contributed by atoms with Gasteiger partial charge in [-0.25, -0.2) is 4.79 Å². The average Bonchev–Trinajstić information content (AvgIpc) is 3.15. The van der Waals surface area contributed by atoms with Crippen molar-refractivity contribution in [3.8, 4) is 0 Å². The van der Waals surface area contributed by atoms with E-state index in [1.54, 1.807) is 21.9 Å². The van der Waals surface area contributed by atoms with E-state index >= 15 is 0 Å². The van der Waals surface area contributed by atoms with Gasteiger partial charge in [0.2, 0.25) is 5.91 Å². The fraction of sp³-hybridized carbons (Fsp3) is 0.391. The van der Waals surface area contributed by atoms with E-state index in [-0.39, 0.29) is 23.7 Å². The monoisotopic (exact) mass is 437 g/mol.